The molecule has 1 rings (SSSR count). The molecule has 3 N–H and O–H groups in total. The molecule has 0 radical (unpaired) electrons. The lowest BCUT2D eigenvalue weighted by atomic mass is 9.86. The highest BCUT2D eigenvalue weighted by Gasteiger charge is 2.32. The largest absolute Gasteiger partial charge is 0.396 e. The van der Waals surface area contributed by atoms with Gasteiger partial charge in [-0.15, -0.1) is 0 Å². The van der Waals surface area contributed by atoms with Crippen molar-refractivity contribution in [3.8, 4) is 0 Å². The standard InChI is InChI=1S/C15H30O5/c1-9(8-16)15(18)11(3)14(17)7-13-6-12(19-4)5-10(2)20-13/h9-18H,5-8H2,1-4H3/t9-,10+,11+,12-,13-,14-,15-/m1/s1. The van der Waals surface area contributed by atoms with Crippen molar-refractivity contribution in [2.75, 3.05) is 13.7 Å². The zero-order valence-electron chi connectivity index (χ0n) is 13.0. The number of methoxy groups -OCH3 is 1. The van der Waals surface area contributed by atoms with Crippen LogP contribution in [-0.4, -0.2) is 59.6 Å². The molecular weight excluding hydrogens is 260 g/mol. The van der Waals surface area contributed by atoms with Crippen molar-refractivity contribution in [3.63, 3.8) is 0 Å². The lowest BCUT2D eigenvalue weighted by Crippen LogP contribution is -2.41. The molecule has 0 bridgehead atoms. The summed E-state index contributed by atoms with van der Waals surface area (Å²) in [7, 11) is 1.70. The first-order chi connectivity index (χ1) is 9.38. The summed E-state index contributed by atoms with van der Waals surface area (Å²) < 4.78 is 11.2. The molecule has 0 aliphatic carbocycles. The van der Waals surface area contributed by atoms with Gasteiger partial charge in [0, 0.05) is 25.6 Å². The minimum atomic E-state index is -0.714. The SMILES string of the molecule is CO[C@H]1C[C@H](C[C@@H](O)[C@H](C)[C@H](O)[C@H](C)CO)O[C@@H](C)C1. The second-order valence-corrected chi connectivity index (χ2v) is 6.21. The van der Waals surface area contributed by atoms with Crippen LogP contribution in [0.5, 0.6) is 0 Å². The maximum atomic E-state index is 10.3. The van der Waals surface area contributed by atoms with Crippen LogP contribution in [0.25, 0.3) is 0 Å². The summed E-state index contributed by atoms with van der Waals surface area (Å²) in [5.74, 6) is -0.531. The van der Waals surface area contributed by atoms with E-state index >= 15 is 0 Å². The van der Waals surface area contributed by atoms with E-state index in [1.807, 2.05) is 13.8 Å². The molecule has 0 aromatic rings. The molecule has 1 fully saturated rings. The maximum Gasteiger partial charge on any atom is 0.0637 e. The highest BCUT2D eigenvalue weighted by atomic mass is 16.5. The van der Waals surface area contributed by atoms with Crippen molar-refractivity contribution < 1.29 is 24.8 Å². The average Bonchev–Trinajstić information content (AvgIpc) is 2.43. The van der Waals surface area contributed by atoms with Crippen LogP contribution in [0, 0.1) is 11.8 Å². The number of hydrogen-bond donors (Lipinski definition) is 3. The molecule has 1 heterocycles. The van der Waals surface area contributed by atoms with E-state index in [9.17, 15) is 10.2 Å². The minimum Gasteiger partial charge on any atom is -0.396 e. The van der Waals surface area contributed by atoms with Crippen LogP contribution < -0.4 is 0 Å². The van der Waals surface area contributed by atoms with Gasteiger partial charge in [0.25, 0.3) is 0 Å². The number of rotatable bonds is 7. The maximum absolute atomic E-state index is 10.3. The normalized spacial score (nSPS) is 33.5. The van der Waals surface area contributed by atoms with E-state index < -0.39 is 12.2 Å². The third-order valence-corrected chi connectivity index (χ3v) is 4.40. The van der Waals surface area contributed by atoms with Crippen molar-refractivity contribution in [3.05, 3.63) is 0 Å². The molecule has 120 valence electrons. The van der Waals surface area contributed by atoms with Gasteiger partial charge in [-0.3, -0.25) is 0 Å². The highest BCUT2D eigenvalue weighted by molar-refractivity contribution is 4.82. The topological polar surface area (TPSA) is 79.2 Å². The van der Waals surface area contributed by atoms with Crippen molar-refractivity contribution in [2.45, 2.75) is 70.6 Å². The number of aliphatic hydroxyl groups excluding tert-OH is 3. The molecule has 5 nitrogen and oxygen atoms in total. The molecule has 20 heavy (non-hydrogen) atoms. The smallest absolute Gasteiger partial charge is 0.0637 e. The number of ether oxygens (including phenoxy) is 2. The lowest BCUT2D eigenvalue weighted by molar-refractivity contribution is -0.119. The molecule has 0 saturated carbocycles. The Morgan fingerprint density at radius 1 is 1.25 bits per heavy atom. The van der Waals surface area contributed by atoms with Gasteiger partial charge in [0.05, 0.1) is 30.5 Å². The minimum absolute atomic E-state index is 0.0437. The molecule has 0 spiro atoms. The van der Waals surface area contributed by atoms with Crippen LogP contribution in [0.1, 0.15) is 40.0 Å². The second-order valence-electron chi connectivity index (χ2n) is 6.21. The Kier molecular flexibility index (Phi) is 7.40. The van der Waals surface area contributed by atoms with Gasteiger partial charge in [-0.25, -0.2) is 0 Å². The highest BCUT2D eigenvalue weighted by Crippen LogP contribution is 2.27. The molecule has 7 atom stereocenters. The van der Waals surface area contributed by atoms with Crippen LogP contribution in [-0.2, 0) is 9.47 Å². The zero-order valence-corrected chi connectivity index (χ0v) is 13.0. The Hall–Kier alpha value is -0.200. The van der Waals surface area contributed by atoms with Crippen molar-refractivity contribution in [1.29, 1.82) is 0 Å². The van der Waals surface area contributed by atoms with Gasteiger partial charge in [0.2, 0.25) is 0 Å². The third kappa shape index (κ3) is 4.97. The quantitative estimate of drug-likeness (QED) is 0.650. The van der Waals surface area contributed by atoms with Gasteiger partial charge in [-0.05, 0) is 26.2 Å². The molecule has 0 aromatic carbocycles. The van der Waals surface area contributed by atoms with Gasteiger partial charge in [0.1, 0.15) is 0 Å². The first kappa shape index (κ1) is 17.9. The predicted octanol–water partition coefficient (Wildman–Crippen LogP) is 0.945. The second kappa shape index (κ2) is 8.29. The van der Waals surface area contributed by atoms with Crippen LogP contribution in [0.2, 0.25) is 0 Å². The van der Waals surface area contributed by atoms with Crippen molar-refractivity contribution in [1.82, 2.24) is 0 Å². The summed E-state index contributed by atoms with van der Waals surface area (Å²) >= 11 is 0. The monoisotopic (exact) mass is 290 g/mol. The summed E-state index contributed by atoms with van der Waals surface area (Å²) in [6, 6.07) is 0. The Morgan fingerprint density at radius 3 is 2.45 bits per heavy atom. The Balaban J connectivity index is 2.49. The van der Waals surface area contributed by atoms with Crippen LogP contribution >= 0.6 is 0 Å². The van der Waals surface area contributed by atoms with E-state index in [2.05, 4.69) is 0 Å². The van der Waals surface area contributed by atoms with E-state index in [0.29, 0.717) is 6.42 Å². The molecule has 0 unspecified atom stereocenters. The summed E-state index contributed by atoms with van der Waals surface area (Å²) in [6.07, 6.45) is 1.04. The first-order valence-corrected chi connectivity index (χ1v) is 7.54. The number of aliphatic hydroxyl groups is 3. The zero-order chi connectivity index (χ0) is 15.3. The molecular formula is C15H30O5. The fourth-order valence-corrected chi connectivity index (χ4v) is 2.88. The van der Waals surface area contributed by atoms with Crippen molar-refractivity contribution in [2.24, 2.45) is 11.8 Å². The summed E-state index contributed by atoms with van der Waals surface area (Å²) in [4.78, 5) is 0. The van der Waals surface area contributed by atoms with Crippen LogP contribution in [0.3, 0.4) is 0 Å². The van der Waals surface area contributed by atoms with E-state index in [-0.39, 0.29) is 36.8 Å². The summed E-state index contributed by atoms with van der Waals surface area (Å²) in [6.45, 7) is 5.51. The van der Waals surface area contributed by atoms with Crippen LogP contribution in [0.4, 0.5) is 0 Å². The van der Waals surface area contributed by atoms with E-state index in [4.69, 9.17) is 14.6 Å². The summed E-state index contributed by atoms with van der Waals surface area (Å²) in [5.41, 5.74) is 0. The third-order valence-electron chi connectivity index (χ3n) is 4.40. The van der Waals surface area contributed by atoms with E-state index in [0.717, 1.165) is 12.8 Å². The van der Waals surface area contributed by atoms with Crippen molar-refractivity contribution >= 4 is 0 Å². The predicted molar refractivity (Wildman–Crippen MR) is 76.4 cm³/mol. The summed E-state index contributed by atoms with van der Waals surface area (Å²) in [5, 5.41) is 29.4. The lowest BCUT2D eigenvalue weighted by Gasteiger charge is -2.36. The molecule has 1 aliphatic heterocycles. The fourth-order valence-electron chi connectivity index (χ4n) is 2.88. The molecule has 1 aliphatic rings. The molecule has 0 aromatic heterocycles. The van der Waals surface area contributed by atoms with Gasteiger partial charge in [0.15, 0.2) is 0 Å². The van der Waals surface area contributed by atoms with Crippen LogP contribution in [0.15, 0.2) is 0 Å². The Labute approximate surface area is 121 Å². The van der Waals surface area contributed by atoms with E-state index in [1.165, 1.54) is 0 Å². The average molecular weight is 290 g/mol. The Bertz CT molecular complexity index is 273. The molecule has 0 amide bonds. The number of hydrogen-bond acceptors (Lipinski definition) is 5. The molecule has 5 heteroatoms. The Morgan fingerprint density at radius 2 is 1.90 bits per heavy atom. The fraction of sp³-hybridized carbons (Fsp3) is 1.00. The molecule has 1 saturated heterocycles. The van der Waals surface area contributed by atoms with Gasteiger partial charge in [-0.2, -0.15) is 0 Å². The van der Waals surface area contributed by atoms with E-state index in [1.54, 1.807) is 14.0 Å². The van der Waals surface area contributed by atoms with Gasteiger partial charge >= 0.3 is 0 Å². The van der Waals surface area contributed by atoms with Gasteiger partial charge < -0.3 is 24.8 Å². The first-order valence-electron chi connectivity index (χ1n) is 7.54. The van der Waals surface area contributed by atoms with Gasteiger partial charge in [-0.1, -0.05) is 13.8 Å².